The van der Waals surface area contributed by atoms with E-state index in [2.05, 4.69) is 5.32 Å². The first kappa shape index (κ1) is 13.8. The number of aromatic hydroxyl groups is 1. The molecule has 0 saturated carbocycles. The molecular weight excluding hydrogens is 265 g/mol. The third kappa shape index (κ3) is 3.94. The molecule has 19 heavy (non-hydrogen) atoms. The SMILES string of the molecule is Oc1c(F)cccc1CNCCc1ccc(Cl)cc1. The minimum atomic E-state index is -0.586. The molecule has 0 amide bonds. The summed E-state index contributed by atoms with van der Waals surface area (Å²) in [6.45, 7) is 1.19. The van der Waals surface area contributed by atoms with Crippen LogP contribution in [-0.4, -0.2) is 11.7 Å². The summed E-state index contributed by atoms with van der Waals surface area (Å²) < 4.78 is 13.1. The second kappa shape index (κ2) is 6.55. The van der Waals surface area contributed by atoms with Crippen LogP contribution in [0.4, 0.5) is 4.39 Å². The van der Waals surface area contributed by atoms with E-state index in [1.165, 1.54) is 11.6 Å². The van der Waals surface area contributed by atoms with Crippen LogP contribution in [0.5, 0.6) is 5.75 Å². The van der Waals surface area contributed by atoms with E-state index in [-0.39, 0.29) is 5.75 Å². The van der Waals surface area contributed by atoms with Crippen molar-refractivity contribution in [3.05, 3.63) is 64.4 Å². The standard InChI is InChI=1S/C15H15ClFNO/c16-13-6-4-11(5-7-13)8-9-18-10-12-2-1-3-14(17)15(12)19/h1-7,18-19H,8-10H2. The van der Waals surface area contributed by atoms with Gasteiger partial charge in [-0.05, 0) is 36.7 Å². The zero-order chi connectivity index (χ0) is 13.7. The Morgan fingerprint density at radius 2 is 1.84 bits per heavy atom. The van der Waals surface area contributed by atoms with Crippen LogP contribution >= 0.6 is 11.6 Å². The molecule has 0 aliphatic rings. The monoisotopic (exact) mass is 279 g/mol. The Bertz CT molecular complexity index is 542. The lowest BCUT2D eigenvalue weighted by Gasteiger charge is -2.07. The van der Waals surface area contributed by atoms with E-state index in [1.54, 1.807) is 12.1 Å². The fraction of sp³-hybridized carbons (Fsp3) is 0.200. The number of nitrogens with one attached hydrogen (secondary N) is 1. The van der Waals surface area contributed by atoms with Crippen molar-refractivity contribution >= 4 is 11.6 Å². The molecule has 0 aliphatic heterocycles. The molecule has 0 unspecified atom stereocenters. The molecule has 0 heterocycles. The van der Waals surface area contributed by atoms with E-state index >= 15 is 0 Å². The lowest BCUT2D eigenvalue weighted by molar-refractivity contribution is 0.423. The van der Waals surface area contributed by atoms with Gasteiger partial charge in [0, 0.05) is 17.1 Å². The van der Waals surface area contributed by atoms with E-state index in [0.717, 1.165) is 18.0 Å². The average Bonchev–Trinajstić information content (AvgIpc) is 2.41. The van der Waals surface area contributed by atoms with E-state index < -0.39 is 5.82 Å². The van der Waals surface area contributed by atoms with Gasteiger partial charge in [0.15, 0.2) is 11.6 Å². The summed E-state index contributed by atoms with van der Waals surface area (Å²) in [7, 11) is 0. The summed E-state index contributed by atoms with van der Waals surface area (Å²) in [6, 6.07) is 12.2. The number of hydrogen-bond acceptors (Lipinski definition) is 2. The lowest BCUT2D eigenvalue weighted by atomic mass is 10.1. The van der Waals surface area contributed by atoms with Crippen molar-refractivity contribution in [3.63, 3.8) is 0 Å². The van der Waals surface area contributed by atoms with Crippen LogP contribution in [0, 0.1) is 5.82 Å². The highest BCUT2D eigenvalue weighted by molar-refractivity contribution is 6.30. The number of rotatable bonds is 5. The fourth-order valence-electron chi connectivity index (χ4n) is 1.81. The number of halogens is 2. The van der Waals surface area contributed by atoms with Crippen molar-refractivity contribution in [1.82, 2.24) is 5.32 Å². The van der Waals surface area contributed by atoms with Gasteiger partial charge in [-0.25, -0.2) is 4.39 Å². The molecule has 0 radical (unpaired) electrons. The van der Waals surface area contributed by atoms with Crippen molar-refractivity contribution in [2.45, 2.75) is 13.0 Å². The van der Waals surface area contributed by atoms with Gasteiger partial charge in [0.2, 0.25) is 0 Å². The number of phenols is 1. The number of phenolic OH excluding ortho intramolecular Hbond substituents is 1. The Morgan fingerprint density at radius 3 is 2.58 bits per heavy atom. The molecular formula is C15H15ClFNO. The maximum Gasteiger partial charge on any atom is 0.165 e. The summed E-state index contributed by atoms with van der Waals surface area (Å²) in [4.78, 5) is 0. The maximum absolute atomic E-state index is 13.1. The van der Waals surface area contributed by atoms with Gasteiger partial charge >= 0.3 is 0 Å². The van der Waals surface area contributed by atoms with Crippen LogP contribution in [0.2, 0.25) is 5.02 Å². The van der Waals surface area contributed by atoms with Gasteiger partial charge in [0.1, 0.15) is 0 Å². The van der Waals surface area contributed by atoms with Crippen LogP contribution in [0.1, 0.15) is 11.1 Å². The van der Waals surface area contributed by atoms with E-state index in [1.807, 2.05) is 24.3 Å². The van der Waals surface area contributed by atoms with Crippen molar-refractivity contribution in [3.8, 4) is 5.75 Å². The smallest absolute Gasteiger partial charge is 0.165 e. The minimum absolute atomic E-state index is 0.276. The number of hydrogen-bond donors (Lipinski definition) is 2. The molecule has 0 spiro atoms. The van der Waals surface area contributed by atoms with Crippen LogP contribution < -0.4 is 5.32 Å². The fourth-order valence-corrected chi connectivity index (χ4v) is 1.94. The first-order valence-corrected chi connectivity index (χ1v) is 6.46. The summed E-state index contributed by atoms with van der Waals surface area (Å²) >= 11 is 5.81. The molecule has 0 aromatic heterocycles. The first-order chi connectivity index (χ1) is 9.16. The largest absolute Gasteiger partial charge is 0.505 e. The highest BCUT2D eigenvalue weighted by Crippen LogP contribution is 2.20. The van der Waals surface area contributed by atoms with Crippen LogP contribution in [-0.2, 0) is 13.0 Å². The zero-order valence-corrected chi connectivity index (χ0v) is 11.1. The summed E-state index contributed by atoms with van der Waals surface area (Å²) in [6.07, 6.45) is 0.854. The predicted octanol–water partition coefficient (Wildman–Crippen LogP) is 3.52. The molecule has 2 aromatic carbocycles. The van der Waals surface area contributed by atoms with E-state index in [4.69, 9.17) is 11.6 Å². The third-order valence-electron chi connectivity index (χ3n) is 2.89. The van der Waals surface area contributed by atoms with Gasteiger partial charge in [-0.1, -0.05) is 35.9 Å². The average molecular weight is 280 g/mol. The molecule has 0 saturated heterocycles. The minimum Gasteiger partial charge on any atom is -0.505 e. The van der Waals surface area contributed by atoms with Crippen molar-refractivity contribution in [2.75, 3.05) is 6.54 Å². The van der Waals surface area contributed by atoms with Gasteiger partial charge in [-0.2, -0.15) is 0 Å². The molecule has 2 nitrogen and oxygen atoms in total. The molecule has 2 rings (SSSR count). The third-order valence-corrected chi connectivity index (χ3v) is 3.14. The molecule has 100 valence electrons. The molecule has 0 bridgehead atoms. The Balaban J connectivity index is 1.81. The topological polar surface area (TPSA) is 32.3 Å². The molecule has 2 aromatic rings. The number of benzene rings is 2. The van der Waals surface area contributed by atoms with E-state index in [9.17, 15) is 9.50 Å². The Kier molecular flexibility index (Phi) is 4.77. The molecule has 2 N–H and O–H groups in total. The first-order valence-electron chi connectivity index (χ1n) is 6.08. The van der Waals surface area contributed by atoms with Crippen molar-refractivity contribution in [2.24, 2.45) is 0 Å². The van der Waals surface area contributed by atoms with Crippen LogP contribution in [0.25, 0.3) is 0 Å². The second-order valence-electron chi connectivity index (χ2n) is 4.30. The highest BCUT2D eigenvalue weighted by atomic mass is 35.5. The maximum atomic E-state index is 13.1. The molecule has 0 atom stereocenters. The van der Waals surface area contributed by atoms with Gasteiger partial charge < -0.3 is 10.4 Å². The van der Waals surface area contributed by atoms with Crippen molar-refractivity contribution in [1.29, 1.82) is 0 Å². The molecule has 0 fully saturated rings. The van der Waals surface area contributed by atoms with Gasteiger partial charge in [-0.3, -0.25) is 0 Å². The summed E-state index contributed by atoms with van der Waals surface area (Å²) in [5.74, 6) is -0.863. The normalized spacial score (nSPS) is 10.6. The van der Waals surface area contributed by atoms with E-state index in [0.29, 0.717) is 12.1 Å². The molecule has 0 aliphatic carbocycles. The quantitative estimate of drug-likeness (QED) is 0.821. The summed E-state index contributed by atoms with van der Waals surface area (Å²) in [5, 5.41) is 13.4. The molecule has 4 heteroatoms. The Hall–Kier alpha value is -1.58. The highest BCUT2D eigenvalue weighted by Gasteiger charge is 2.05. The van der Waals surface area contributed by atoms with Crippen molar-refractivity contribution < 1.29 is 9.50 Å². The summed E-state index contributed by atoms with van der Waals surface area (Å²) in [5.41, 5.74) is 1.75. The lowest BCUT2D eigenvalue weighted by Crippen LogP contribution is -2.16. The Labute approximate surface area is 116 Å². The zero-order valence-electron chi connectivity index (χ0n) is 10.4. The number of para-hydroxylation sites is 1. The van der Waals surface area contributed by atoms with Crippen LogP contribution in [0.15, 0.2) is 42.5 Å². The van der Waals surface area contributed by atoms with Gasteiger partial charge in [0.05, 0.1) is 0 Å². The van der Waals surface area contributed by atoms with Gasteiger partial charge in [-0.15, -0.1) is 0 Å². The van der Waals surface area contributed by atoms with Crippen LogP contribution in [0.3, 0.4) is 0 Å². The Morgan fingerprint density at radius 1 is 1.11 bits per heavy atom. The predicted molar refractivity (Wildman–Crippen MR) is 74.9 cm³/mol. The second-order valence-corrected chi connectivity index (χ2v) is 4.74. The van der Waals surface area contributed by atoms with Gasteiger partial charge in [0.25, 0.3) is 0 Å².